The Morgan fingerprint density at radius 2 is 2.03 bits per heavy atom. The maximum Gasteiger partial charge on any atom is 0.161 e. The van der Waals surface area contributed by atoms with Crippen LogP contribution in [0.15, 0.2) is 48.7 Å². The van der Waals surface area contributed by atoms with Gasteiger partial charge in [-0.05, 0) is 30.7 Å². The average Bonchev–Trinajstić information content (AvgIpc) is 3.16. The highest BCUT2D eigenvalue weighted by Crippen LogP contribution is 2.44. The molecule has 5 rings (SSSR count). The van der Waals surface area contributed by atoms with E-state index in [4.69, 9.17) is 4.74 Å². The van der Waals surface area contributed by atoms with E-state index in [1.54, 1.807) is 6.20 Å². The number of aromatic nitrogens is 3. The van der Waals surface area contributed by atoms with Crippen LogP contribution in [0.3, 0.4) is 0 Å². The molecule has 1 aliphatic heterocycles. The van der Waals surface area contributed by atoms with Crippen LogP contribution in [0.1, 0.15) is 5.56 Å². The first-order valence-electron chi connectivity index (χ1n) is 9.49. The number of hydrogen-bond donors (Lipinski definition) is 2. The Morgan fingerprint density at radius 1 is 1.20 bits per heavy atom. The molecule has 2 aromatic carbocycles. The number of fused-ring (bicyclic) bond motifs is 2. The predicted octanol–water partition coefficient (Wildman–Crippen LogP) is 4.10. The van der Waals surface area contributed by atoms with Crippen LogP contribution in [0.2, 0.25) is 0 Å². The molecular weight excluding hydrogens is 390 g/mol. The minimum atomic E-state index is -0.950. The van der Waals surface area contributed by atoms with Crippen LogP contribution in [0, 0.1) is 18.6 Å². The van der Waals surface area contributed by atoms with Crippen LogP contribution < -0.4 is 9.64 Å². The van der Waals surface area contributed by atoms with Crippen LogP contribution in [0.25, 0.3) is 22.4 Å². The van der Waals surface area contributed by atoms with Crippen LogP contribution in [0.5, 0.6) is 5.75 Å². The fourth-order valence-electron chi connectivity index (χ4n) is 3.68. The first kappa shape index (κ1) is 18.5. The fraction of sp³-hybridized carbons (Fsp3) is 0.182. The van der Waals surface area contributed by atoms with Gasteiger partial charge in [0.25, 0.3) is 0 Å². The van der Waals surface area contributed by atoms with Gasteiger partial charge >= 0.3 is 0 Å². The number of halogens is 2. The third kappa shape index (κ3) is 2.96. The molecule has 0 bridgehead atoms. The lowest BCUT2D eigenvalue weighted by Crippen LogP contribution is -2.43. The van der Waals surface area contributed by atoms with Gasteiger partial charge in [0, 0.05) is 18.3 Å². The number of aliphatic hydroxyl groups is 1. The van der Waals surface area contributed by atoms with Gasteiger partial charge in [0.2, 0.25) is 0 Å². The van der Waals surface area contributed by atoms with Crippen LogP contribution in [0.4, 0.5) is 20.3 Å². The zero-order chi connectivity index (χ0) is 20.8. The summed E-state index contributed by atoms with van der Waals surface area (Å²) in [5.74, 6) is -0.202. The Bertz CT molecular complexity index is 1200. The molecule has 2 N–H and O–H groups in total. The van der Waals surface area contributed by atoms with E-state index in [0.717, 1.165) is 23.4 Å². The first-order valence-corrected chi connectivity index (χ1v) is 9.49. The molecule has 1 atom stereocenters. The molecule has 8 heteroatoms. The highest BCUT2D eigenvalue weighted by molar-refractivity contribution is 5.85. The summed E-state index contributed by atoms with van der Waals surface area (Å²) in [7, 11) is 0. The summed E-state index contributed by atoms with van der Waals surface area (Å²) < 4.78 is 33.2. The van der Waals surface area contributed by atoms with Gasteiger partial charge in [0.05, 0.1) is 34.9 Å². The molecule has 0 saturated heterocycles. The number of aromatic amines is 1. The molecule has 2 aromatic heterocycles. The topological polar surface area (TPSA) is 74.3 Å². The molecule has 0 fully saturated rings. The molecular formula is C22H18F2N4O2. The number of nitrogens with zero attached hydrogens (tertiary/aromatic N) is 3. The van der Waals surface area contributed by atoms with E-state index < -0.39 is 11.6 Å². The SMILES string of the molecule is Cc1ccc(N2c3cccc(-c4nc5cc(F)c(F)cc5[nH]4)c3OCC2CO)nc1. The highest BCUT2D eigenvalue weighted by Gasteiger charge is 2.31. The van der Waals surface area contributed by atoms with Crippen molar-refractivity contribution in [2.45, 2.75) is 13.0 Å². The Hall–Kier alpha value is -3.52. The van der Waals surface area contributed by atoms with Crippen molar-refractivity contribution in [2.75, 3.05) is 18.1 Å². The van der Waals surface area contributed by atoms with E-state index in [0.29, 0.717) is 34.0 Å². The van der Waals surface area contributed by atoms with Gasteiger partial charge in [0.15, 0.2) is 17.4 Å². The molecule has 1 aliphatic rings. The van der Waals surface area contributed by atoms with E-state index in [9.17, 15) is 13.9 Å². The second kappa shape index (κ2) is 7.07. The molecule has 0 aliphatic carbocycles. The zero-order valence-corrected chi connectivity index (χ0v) is 16.1. The number of anilines is 2. The fourth-order valence-corrected chi connectivity index (χ4v) is 3.68. The number of para-hydroxylation sites is 1. The van der Waals surface area contributed by atoms with Crippen molar-refractivity contribution in [1.29, 1.82) is 0 Å². The van der Waals surface area contributed by atoms with Gasteiger partial charge in [-0.2, -0.15) is 0 Å². The van der Waals surface area contributed by atoms with Gasteiger partial charge in [0.1, 0.15) is 18.2 Å². The second-order valence-electron chi connectivity index (χ2n) is 7.23. The van der Waals surface area contributed by atoms with Crippen molar-refractivity contribution in [1.82, 2.24) is 15.0 Å². The van der Waals surface area contributed by atoms with E-state index >= 15 is 0 Å². The van der Waals surface area contributed by atoms with E-state index in [1.165, 1.54) is 0 Å². The van der Waals surface area contributed by atoms with Gasteiger partial charge < -0.3 is 19.7 Å². The van der Waals surface area contributed by atoms with Crippen molar-refractivity contribution in [3.05, 3.63) is 65.9 Å². The molecule has 0 radical (unpaired) electrons. The number of benzene rings is 2. The number of hydrogen-bond acceptors (Lipinski definition) is 5. The number of nitrogens with one attached hydrogen (secondary N) is 1. The van der Waals surface area contributed by atoms with E-state index in [1.807, 2.05) is 42.2 Å². The molecule has 0 spiro atoms. The van der Waals surface area contributed by atoms with Gasteiger partial charge in [-0.3, -0.25) is 0 Å². The quantitative estimate of drug-likeness (QED) is 0.534. The number of ether oxygens (including phenoxy) is 1. The maximum atomic E-state index is 13.6. The lowest BCUT2D eigenvalue weighted by molar-refractivity contribution is 0.195. The Morgan fingerprint density at radius 3 is 2.80 bits per heavy atom. The highest BCUT2D eigenvalue weighted by atomic mass is 19.2. The average molecular weight is 408 g/mol. The standard InChI is InChI=1S/C22H18F2N4O2/c1-12-5-6-20(25-9-12)28-13(10-29)11-30-21-14(3-2-4-19(21)28)22-26-17-7-15(23)16(24)8-18(17)27-22/h2-9,13,29H,10-11H2,1H3,(H,26,27). The van der Waals surface area contributed by atoms with Crippen molar-refractivity contribution in [3.8, 4) is 17.1 Å². The van der Waals surface area contributed by atoms with Crippen molar-refractivity contribution in [2.24, 2.45) is 0 Å². The second-order valence-corrected chi connectivity index (χ2v) is 7.23. The number of rotatable bonds is 3. The Kier molecular flexibility index (Phi) is 4.36. The summed E-state index contributed by atoms with van der Waals surface area (Å²) in [6.07, 6.45) is 1.77. The number of aryl methyl sites for hydroxylation is 1. The molecule has 0 amide bonds. The van der Waals surface area contributed by atoms with Crippen LogP contribution >= 0.6 is 0 Å². The minimum Gasteiger partial charge on any atom is -0.488 e. The van der Waals surface area contributed by atoms with E-state index in [2.05, 4.69) is 15.0 Å². The molecule has 0 saturated carbocycles. The lowest BCUT2D eigenvalue weighted by atomic mass is 10.1. The number of H-pyrrole nitrogens is 1. The zero-order valence-electron chi connectivity index (χ0n) is 16.1. The number of pyridine rings is 1. The van der Waals surface area contributed by atoms with Crippen molar-refractivity contribution >= 4 is 22.5 Å². The number of aliphatic hydroxyl groups excluding tert-OH is 1. The maximum absolute atomic E-state index is 13.6. The van der Waals surface area contributed by atoms with Gasteiger partial charge in [-0.25, -0.2) is 18.7 Å². The largest absolute Gasteiger partial charge is 0.488 e. The smallest absolute Gasteiger partial charge is 0.161 e. The minimum absolute atomic E-state index is 0.109. The van der Waals surface area contributed by atoms with Crippen LogP contribution in [-0.4, -0.2) is 39.3 Å². The predicted molar refractivity (Wildman–Crippen MR) is 109 cm³/mol. The summed E-state index contributed by atoms with van der Waals surface area (Å²) >= 11 is 0. The van der Waals surface area contributed by atoms with E-state index in [-0.39, 0.29) is 19.3 Å². The van der Waals surface area contributed by atoms with Crippen molar-refractivity contribution < 1.29 is 18.6 Å². The monoisotopic (exact) mass is 408 g/mol. The third-order valence-corrected chi connectivity index (χ3v) is 5.17. The first-order chi connectivity index (χ1) is 14.5. The molecule has 3 heterocycles. The summed E-state index contributed by atoms with van der Waals surface area (Å²) in [5, 5.41) is 9.90. The molecule has 6 nitrogen and oxygen atoms in total. The van der Waals surface area contributed by atoms with Crippen LogP contribution in [-0.2, 0) is 0 Å². The summed E-state index contributed by atoms with van der Waals surface area (Å²) in [6, 6.07) is 11.2. The van der Waals surface area contributed by atoms with Gasteiger partial charge in [-0.15, -0.1) is 0 Å². The summed E-state index contributed by atoms with van der Waals surface area (Å²) in [4.78, 5) is 13.9. The summed E-state index contributed by atoms with van der Waals surface area (Å²) in [5.41, 5.74) is 3.12. The third-order valence-electron chi connectivity index (χ3n) is 5.17. The summed E-state index contributed by atoms with van der Waals surface area (Å²) in [6.45, 7) is 2.10. The van der Waals surface area contributed by atoms with Crippen molar-refractivity contribution in [3.63, 3.8) is 0 Å². The molecule has 4 aromatic rings. The molecule has 30 heavy (non-hydrogen) atoms. The molecule has 152 valence electrons. The molecule has 1 unspecified atom stereocenters. The van der Waals surface area contributed by atoms with Gasteiger partial charge in [-0.1, -0.05) is 12.1 Å². The lowest BCUT2D eigenvalue weighted by Gasteiger charge is -2.37. The normalized spacial score (nSPS) is 15.9. The number of imidazole rings is 1. The Labute approximate surface area is 170 Å². The Balaban J connectivity index is 1.65.